The van der Waals surface area contributed by atoms with E-state index in [1.54, 1.807) is 18.0 Å². The molecule has 2 N–H and O–H groups in total. The van der Waals surface area contributed by atoms with Crippen molar-refractivity contribution < 1.29 is 14.6 Å². The minimum atomic E-state index is -0.308. The van der Waals surface area contributed by atoms with Crippen LogP contribution in [-0.2, 0) is 6.54 Å². The predicted octanol–water partition coefficient (Wildman–Crippen LogP) is 1.46. The average molecular weight is 387 g/mol. The maximum Gasteiger partial charge on any atom is 0.273 e. The number of carbonyl (C=O) groups excluding carboxylic acids is 1. The largest absolute Gasteiger partial charge is 0.496 e. The highest BCUT2D eigenvalue weighted by molar-refractivity contribution is 5.91. The van der Waals surface area contributed by atoms with Gasteiger partial charge in [-0.1, -0.05) is 11.3 Å². The number of aliphatic hydroxyl groups is 1. The minimum Gasteiger partial charge on any atom is -0.496 e. The van der Waals surface area contributed by atoms with Gasteiger partial charge >= 0.3 is 0 Å². The van der Waals surface area contributed by atoms with E-state index in [-0.39, 0.29) is 30.8 Å². The molecule has 8 nitrogen and oxygen atoms in total. The summed E-state index contributed by atoms with van der Waals surface area (Å²) in [7, 11) is 1.70. The monoisotopic (exact) mass is 387 g/mol. The Morgan fingerprint density at radius 2 is 2.18 bits per heavy atom. The number of hydrogen-bond donors (Lipinski definition) is 2. The van der Waals surface area contributed by atoms with E-state index >= 15 is 0 Å². The highest BCUT2D eigenvalue weighted by Crippen LogP contribution is 2.26. The van der Waals surface area contributed by atoms with E-state index in [4.69, 9.17) is 9.84 Å². The van der Waals surface area contributed by atoms with E-state index in [0.717, 1.165) is 43.8 Å². The number of rotatable bonds is 7. The summed E-state index contributed by atoms with van der Waals surface area (Å²) < 4.78 is 7.21. The summed E-state index contributed by atoms with van der Waals surface area (Å²) in [4.78, 5) is 14.4. The number of nitrogens with zero attached hydrogens (tertiary/aromatic N) is 4. The number of benzene rings is 1. The van der Waals surface area contributed by atoms with Gasteiger partial charge in [-0.15, -0.1) is 5.10 Å². The van der Waals surface area contributed by atoms with Crippen LogP contribution in [-0.4, -0.2) is 64.3 Å². The fourth-order valence-corrected chi connectivity index (χ4v) is 3.69. The van der Waals surface area contributed by atoms with Gasteiger partial charge < -0.3 is 15.2 Å². The second kappa shape index (κ2) is 9.16. The molecule has 1 unspecified atom stereocenters. The number of aromatic nitrogens is 3. The molecule has 0 bridgehead atoms. The molecule has 28 heavy (non-hydrogen) atoms. The molecule has 1 fully saturated rings. The van der Waals surface area contributed by atoms with Crippen molar-refractivity contribution >= 4 is 5.91 Å². The van der Waals surface area contributed by atoms with Crippen LogP contribution in [0.4, 0.5) is 0 Å². The first-order chi connectivity index (χ1) is 13.5. The van der Waals surface area contributed by atoms with Gasteiger partial charge in [0.05, 0.1) is 26.0 Å². The van der Waals surface area contributed by atoms with Crippen LogP contribution in [0.3, 0.4) is 0 Å². The number of aliphatic hydroxyl groups excluding tert-OH is 1. The zero-order valence-corrected chi connectivity index (χ0v) is 16.8. The van der Waals surface area contributed by atoms with Crippen molar-refractivity contribution in [2.45, 2.75) is 39.3 Å². The first kappa shape index (κ1) is 20.3. The zero-order valence-electron chi connectivity index (χ0n) is 16.8. The van der Waals surface area contributed by atoms with Crippen molar-refractivity contribution in [1.29, 1.82) is 0 Å². The third kappa shape index (κ3) is 4.69. The number of methoxy groups -OCH3 is 1. The van der Waals surface area contributed by atoms with Crippen LogP contribution < -0.4 is 10.1 Å². The van der Waals surface area contributed by atoms with Gasteiger partial charge in [0.15, 0.2) is 5.69 Å². The van der Waals surface area contributed by atoms with Crippen molar-refractivity contribution in [3.8, 4) is 5.75 Å². The number of hydrogen-bond acceptors (Lipinski definition) is 6. The molecule has 1 aromatic heterocycles. The number of piperidine rings is 1. The van der Waals surface area contributed by atoms with Crippen LogP contribution in [0.15, 0.2) is 18.3 Å². The van der Waals surface area contributed by atoms with Crippen LogP contribution in [0.5, 0.6) is 5.75 Å². The smallest absolute Gasteiger partial charge is 0.273 e. The molecule has 1 amide bonds. The quantitative estimate of drug-likeness (QED) is 0.747. The first-order valence-corrected chi connectivity index (χ1v) is 9.69. The van der Waals surface area contributed by atoms with E-state index in [1.165, 1.54) is 11.1 Å². The lowest BCUT2D eigenvalue weighted by Gasteiger charge is -2.33. The van der Waals surface area contributed by atoms with Gasteiger partial charge in [-0.2, -0.15) is 0 Å². The molecule has 1 atom stereocenters. The van der Waals surface area contributed by atoms with Gasteiger partial charge in [0.25, 0.3) is 5.91 Å². The van der Waals surface area contributed by atoms with Crippen molar-refractivity contribution in [3.63, 3.8) is 0 Å². The Morgan fingerprint density at radius 3 is 2.93 bits per heavy atom. The van der Waals surface area contributed by atoms with Crippen molar-refractivity contribution in [2.24, 2.45) is 0 Å². The Hall–Kier alpha value is -2.45. The molecule has 1 aliphatic rings. The Morgan fingerprint density at radius 1 is 1.36 bits per heavy atom. The number of carbonyl (C=O) groups is 1. The molecule has 0 radical (unpaired) electrons. The summed E-state index contributed by atoms with van der Waals surface area (Å²) in [5, 5.41) is 19.6. The van der Waals surface area contributed by atoms with Crippen LogP contribution >= 0.6 is 0 Å². The molecule has 1 saturated heterocycles. The fraction of sp³-hybridized carbons (Fsp3) is 0.550. The van der Waals surface area contributed by atoms with Crippen LogP contribution in [0.25, 0.3) is 0 Å². The van der Waals surface area contributed by atoms with Gasteiger partial charge in [0, 0.05) is 19.6 Å². The molecule has 1 aromatic carbocycles. The maximum absolute atomic E-state index is 12.0. The van der Waals surface area contributed by atoms with E-state index in [1.807, 2.05) is 0 Å². The fourth-order valence-electron chi connectivity index (χ4n) is 3.69. The summed E-state index contributed by atoms with van der Waals surface area (Å²) in [6.45, 7) is 7.09. The van der Waals surface area contributed by atoms with Crippen molar-refractivity contribution in [3.05, 3.63) is 40.7 Å². The third-order valence-electron chi connectivity index (χ3n) is 5.24. The highest BCUT2D eigenvalue weighted by atomic mass is 16.5. The van der Waals surface area contributed by atoms with Gasteiger partial charge in [-0.3, -0.25) is 9.69 Å². The topological polar surface area (TPSA) is 92.5 Å². The number of likely N-dealkylation sites (tertiary alicyclic amines) is 1. The molecule has 3 rings (SSSR count). The molecular weight excluding hydrogens is 358 g/mol. The zero-order chi connectivity index (χ0) is 20.1. The lowest BCUT2D eigenvalue weighted by atomic mass is 10.0. The van der Waals surface area contributed by atoms with Gasteiger partial charge in [0.1, 0.15) is 5.75 Å². The molecule has 2 heterocycles. The molecule has 0 saturated carbocycles. The van der Waals surface area contributed by atoms with Crippen LogP contribution in [0, 0.1) is 13.8 Å². The lowest BCUT2D eigenvalue weighted by Crippen LogP contribution is -2.36. The molecule has 0 aliphatic carbocycles. The normalized spacial score (nSPS) is 17.5. The molecule has 8 heteroatoms. The minimum absolute atomic E-state index is 0.0955. The SMILES string of the molecule is COc1cc(C)c(CN2CCCC(n3cc(C(=O)NCCO)nn3)C2)cc1C. The van der Waals surface area contributed by atoms with Crippen molar-refractivity contribution in [1.82, 2.24) is 25.2 Å². The van der Waals surface area contributed by atoms with E-state index in [0.29, 0.717) is 0 Å². The predicted molar refractivity (Wildman–Crippen MR) is 105 cm³/mol. The molecule has 0 spiro atoms. The number of aryl methyl sites for hydroxylation is 2. The Bertz CT molecular complexity index is 820. The Balaban J connectivity index is 1.66. The number of ether oxygens (including phenoxy) is 1. The number of nitrogens with one attached hydrogen (secondary N) is 1. The summed E-state index contributed by atoms with van der Waals surface area (Å²) >= 11 is 0. The van der Waals surface area contributed by atoms with E-state index < -0.39 is 0 Å². The summed E-state index contributed by atoms with van der Waals surface area (Å²) in [5.41, 5.74) is 3.97. The van der Waals surface area contributed by atoms with Gasteiger partial charge in [0.2, 0.25) is 0 Å². The van der Waals surface area contributed by atoms with E-state index in [2.05, 4.69) is 46.5 Å². The standard InChI is InChI=1S/C20H29N5O3/c1-14-10-19(28-3)15(2)9-16(14)11-24-7-4-5-17(12-24)25-13-18(22-23-25)20(27)21-6-8-26/h9-10,13,17,26H,4-8,11-12H2,1-3H3,(H,21,27). The average Bonchev–Trinajstić information content (AvgIpc) is 3.19. The molecular formula is C20H29N5O3. The maximum atomic E-state index is 12.0. The van der Waals surface area contributed by atoms with Crippen LogP contribution in [0.1, 0.15) is 46.1 Å². The first-order valence-electron chi connectivity index (χ1n) is 9.69. The Kier molecular flexibility index (Phi) is 6.64. The second-order valence-corrected chi connectivity index (χ2v) is 7.34. The molecule has 152 valence electrons. The van der Waals surface area contributed by atoms with E-state index in [9.17, 15) is 4.79 Å². The summed E-state index contributed by atoms with van der Waals surface area (Å²) in [5.74, 6) is 0.615. The number of amides is 1. The third-order valence-corrected chi connectivity index (χ3v) is 5.24. The van der Waals surface area contributed by atoms with Crippen molar-refractivity contribution in [2.75, 3.05) is 33.4 Å². The van der Waals surface area contributed by atoms with Crippen LogP contribution in [0.2, 0.25) is 0 Å². The lowest BCUT2D eigenvalue weighted by molar-refractivity contribution is 0.0939. The molecule has 1 aliphatic heterocycles. The summed E-state index contributed by atoms with van der Waals surface area (Å²) in [6, 6.07) is 4.50. The second-order valence-electron chi connectivity index (χ2n) is 7.34. The van der Waals surface area contributed by atoms with Gasteiger partial charge in [-0.05, 0) is 56.0 Å². The van der Waals surface area contributed by atoms with Gasteiger partial charge in [-0.25, -0.2) is 4.68 Å². The summed E-state index contributed by atoms with van der Waals surface area (Å²) in [6.07, 6.45) is 3.78. The highest BCUT2D eigenvalue weighted by Gasteiger charge is 2.24. The molecule has 2 aromatic rings. The Labute approximate surface area is 165 Å².